The molecule has 0 amide bonds. The molecule has 20 heavy (non-hydrogen) atoms. The predicted molar refractivity (Wildman–Crippen MR) is 76.7 cm³/mol. The van der Waals surface area contributed by atoms with E-state index in [4.69, 9.17) is 5.26 Å². The first-order valence-corrected chi connectivity index (χ1v) is 6.83. The molecule has 0 spiro atoms. The van der Waals surface area contributed by atoms with E-state index in [1.54, 1.807) is 12.1 Å². The second-order valence-corrected chi connectivity index (χ2v) is 4.91. The van der Waals surface area contributed by atoms with Crippen LogP contribution in [0.15, 0.2) is 18.2 Å². The lowest BCUT2D eigenvalue weighted by Gasteiger charge is -2.30. The van der Waals surface area contributed by atoms with Gasteiger partial charge in [-0.1, -0.05) is 6.92 Å². The molecule has 1 unspecified atom stereocenters. The van der Waals surface area contributed by atoms with E-state index in [2.05, 4.69) is 17.1 Å². The van der Waals surface area contributed by atoms with Gasteiger partial charge in [0.2, 0.25) is 0 Å². The van der Waals surface area contributed by atoms with Crippen molar-refractivity contribution < 1.29 is 4.92 Å². The molecular formula is C14H18N4O2. The number of hydrogen-bond donors (Lipinski definition) is 1. The number of nitrogens with one attached hydrogen (secondary N) is 1. The Balaban J connectivity index is 2.35. The second-order valence-electron chi connectivity index (χ2n) is 4.91. The standard InChI is InChI=1S/C14H18N4O2/c1-2-7-17(13-5-6-16-10-13)12-4-3-11(9-15)14(8-12)18(19)20/h3-4,8,13,16H,2,5-7,10H2,1H3. The van der Waals surface area contributed by atoms with Crippen LogP contribution in [0.4, 0.5) is 11.4 Å². The molecule has 1 N–H and O–H groups in total. The van der Waals surface area contributed by atoms with Crippen molar-refractivity contribution in [3.05, 3.63) is 33.9 Å². The first-order valence-electron chi connectivity index (χ1n) is 6.83. The average molecular weight is 274 g/mol. The topological polar surface area (TPSA) is 82.2 Å². The highest BCUT2D eigenvalue weighted by Crippen LogP contribution is 2.27. The summed E-state index contributed by atoms with van der Waals surface area (Å²) >= 11 is 0. The Morgan fingerprint density at radius 1 is 1.60 bits per heavy atom. The molecule has 6 heteroatoms. The predicted octanol–water partition coefficient (Wildman–Crippen LogP) is 2.04. The molecule has 2 rings (SSSR count). The highest BCUT2D eigenvalue weighted by molar-refractivity contribution is 5.60. The zero-order valence-corrected chi connectivity index (χ0v) is 11.5. The van der Waals surface area contributed by atoms with Crippen LogP contribution in [0.25, 0.3) is 0 Å². The monoisotopic (exact) mass is 274 g/mol. The summed E-state index contributed by atoms with van der Waals surface area (Å²) in [6, 6.07) is 7.10. The number of anilines is 1. The summed E-state index contributed by atoms with van der Waals surface area (Å²) in [5, 5.41) is 23.3. The van der Waals surface area contributed by atoms with Gasteiger partial charge < -0.3 is 10.2 Å². The van der Waals surface area contributed by atoms with Crippen LogP contribution in [0.3, 0.4) is 0 Å². The molecule has 1 aliphatic rings. The maximum atomic E-state index is 11.1. The van der Waals surface area contributed by atoms with E-state index in [9.17, 15) is 10.1 Å². The van der Waals surface area contributed by atoms with Crippen molar-refractivity contribution in [3.8, 4) is 6.07 Å². The van der Waals surface area contributed by atoms with Crippen molar-refractivity contribution in [1.82, 2.24) is 5.32 Å². The molecule has 1 saturated heterocycles. The van der Waals surface area contributed by atoms with Gasteiger partial charge in [0.05, 0.1) is 4.92 Å². The Bertz CT molecular complexity index is 532. The molecule has 1 atom stereocenters. The van der Waals surface area contributed by atoms with E-state index in [-0.39, 0.29) is 11.3 Å². The van der Waals surface area contributed by atoms with E-state index in [1.165, 1.54) is 6.07 Å². The fourth-order valence-corrected chi connectivity index (χ4v) is 2.61. The van der Waals surface area contributed by atoms with Crippen molar-refractivity contribution in [2.24, 2.45) is 0 Å². The molecular weight excluding hydrogens is 256 g/mol. The number of nitro benzene ring substituents is 1. The lowest BCUT2D eigenvalue weighted by molar-refractivity contribution is -0.385. The molecule has 1 aromatic carbocycles. The van der Waals surface area contributed by atoms with E-state index >= 15 is 0 Å². The van der Waals surface area contributed by atoms with E-state index in [0.717, 1.165) is 38.2 Å². The third-order valence-corrected chi connectivity index (χ3v) is 3.57. The van der Waals surface area contributed by atoms with Crippen LogP contribution >= 0.6 is 0 Å². The molecule has 0 radical (unpaired) electrons. The summed E-state index contributed by atoms with van der Waals surface area (Å²) in [5.74, 6) is 0. The van der Waals surface area contributed by atoms with Gasteiger partial charge in [0.15, 0.2) is 0 Å². The number of nitrogens with zero attached hydrogens (tertiary/aromatic N) is 3. The van der Waals surface area contributed by atoms with Gasteiger partial charge in [-0.15, -0.1) is 0 Å². The minimum atomic E-state index is -0.487. The van der Waals surface area contributed by atoms with Crippen molar-refractivity contribution in [2.75, 3.05) is 24.5 Å². The summed E-state index contributed by atoms with van der Waals surface area (Å²) in [6.45, 7) is 4.82. The van der Waals surface area contributed by atoms with Crippen molar-refractivity contribution in [1.29, 1.82) is 5.26 Å². The maximum Gasteiger partial charge on any atom is 0.289 e. The van der Waals surface area contributed by atoms with Gasteiger partial charge in [0, 0.05) is 30.9 Å². The van der Waals surface area contributed by atoms with Crippen LogP contribution in [-0.2, 0) is 0 Å². The summed E-state index contributed by atoms with van der Waals surface area (Å²) < 4.78 is 0. The van der Waals surface area contributed by atoms with Gasteiger partial charge in [-0.05, 0) is 31.5 Å². The van der Waals surface area contributed by atoms with E-state index in [0.29, 0.717) is 6.04 Å². The van der Waals surface area contributed by atoms with Crippen LogP contribution < -0.4 is 10.2 Å². The Labute approximate surface area is 118 Å². The summed E-state index contributed by atoms with van der Waals surface area (Å²) in [6.07, 6.45) is 2.01. The number of benzene rings is 1. The van der Waals surface area contributed by atoms with Crippen LogP contribution in [0.2, 0.25) is 0 Å². The van der Waals surface area contributed by atoms with Crippen LogP contribution in [-0.4, -0.2) is 30.6 Å². The van der Waals surface area contributed by atoms with Gasteiger partial charge in [-0.25, -0.2) is 0 Å². The molecule has 6 nitrogen and oxygen atoms in total. The maximum absolute atomic E-state index is 11.1. The molecule has 1 aromatic rings. The first-order chi connectivity index (χ1) is 9.67. The quantitative estimate of drug-likeness (QED) is 0.656. The minimum Gasteiger partial charge on any atom is -0.367 e. The Morgan fingerprint density at radius 3 is 2.95 bits per heavy atom. The number of nitro groups is 1. The number of nitriles is 1. The zero-order valence-electron chi connectivity index (χ0n) is 11.5. The molecule has 0 aromatic heterocycles. The number of hydrogen-bond acceptors (Lipinski definition) is 5. The third-order valence-electron chi connectivity index (χ3n) is 3.57. The lowest BCUT2D eigenvalue weighted by Crippen LogP contribution is -2.37. The van der Waals surface area contributed by atoms with Gasteiger partial charge in [-0.3, -0.25) is 10.1 Å². The van der Waals surface area contributed by atoms with Crippen molar-refractivity contribution in [2.45, 2.75) is 25.8 Å². The van der Waals surface area contributed by atoms with Crippen molar-refractivity contribution in [3.63, 3.8) is 0 Å². The van der Waals surface area contributed by atoms with Gasteiger partial charge >= 0.3 is 0 Å². The van der Waals surface area contributed by atoms with Gasteiger partial charge in [-0.2, -0.15) is 5.26 Å². The SMILES string of the molecule is CCCN(c1ccc(C#N)c([N+](=O)[O-])c1)C1CCNC1. The fourth-order valence-electron chi connectivity index (χ4n) is 2.61. The molecule has 0 aliphatic carbocycles. The fraction of sp³-hybridized carbons (Fsp3) is 0.500. The largest absolute Gasteiger partial charge is 0.367 e. The average Bonchev–Trinajstić information content (AvgIpc) is 2.98. The zero-order chi connectivity index (χ0) is 14.5. The Hall–Kier alpha value is -2.13. The van der Waals surface area contributed by atoms with E-state index < -0.39 is 4.92 Å². The molecule has 0 bridgehead atoms. The van der Waals surface area contributed by atoms with Gasteiger partial charge in [0.1, 0.15) is 11.6 Å². The van der Waals surface area contributed by atoms with Crippen LogP contribution in [0, 0.1) is 21.4 Å². The molecule has 106 valence electrons. The third kappa shape index (κ3) is 2.89. The van der Waals surface area contributed by atoms with Gasteiger partial charge in [0.25, 0.3) is 5.69 Å². The summed E-state index contributed by atoms with van der Waals surface area (Å²) in [5.41, 5.74) is 0.822. The van der Waals surface area contributed by atoms with E-state index in [1.807, 2.05) is 6.07 Å². The van der Waals surface area contributed by atoms with Crippen molar-refractivity contribution >= 4 is 11.4 Å². The van der Waals surface area contributed by atoms with Crippen LogP contribution in [0.1, 0.15) is 25.3 Å². The summed E-state index contributed by atoms with van der Waals surface area (Å²) in [4.78, 5) is 12.8. The molecule has 1 heterocycles. The summed E-state index contributed by atoms with van der Waals surface area (Å²) in [7, 11) is 0. The lowest BCUT2D eigenvalue weighted by atomic mass is 10.1. The molecule has 1 aliphatic heterocycles. The molecule has 0 saturated carbocycles. The van der Waals surface area contributed by atoms with Crippen LogP contribution in [0.5, 0.6) is 0 Å². The number of rotatable bonds is 5. The smallest absolute Gasteiger partial charge is 0.289 e. The highest BCUT2D eigenvalue weighted by atomic mass is 16.6. The highest BCUT2D eigenvalue weighted by Gasteiger charge is 2.24. The Kier molecular flexibility index (Phi) is 4.53. The Morgan fingerprint density at radius 2 is 2.40 bits per heavy atom. The minimum absolute atomic E-state index is 0.111. The second kappa shape index (κ2) is 6.35. The molecule has 1 fully saturated rings. The first kappa shape index (κ1) is 14.3. The normalized spacial score (nSPS) is 17.7.